The summed E-state index contributed by atoms with van der Waals surface area (Å²) >= 11 is 0. The van der Waals surface area contributed by atoms with Crippen molar-refractivity contribution in [2.75, 3.05) is 0 Å². The van der Waals surface area contributed by atoms with Crippen LogP contribution in [0.25, 0.3) is 0 Å². The third-order valence-electron chi connectivity index (χ3n) is 3.28. The number of fused-ring (bicyclic) bond motifs is 2. The van der Waals surface area contributed by atoms with E-state index >= 15 is 0 Å². The van der Waals surface area contributed by atoms with E-state index in [4.69, 9.17) is 0 Å². The minimum absolute atomic E-state index is 0. The van der Waals surface area contributed by atoms with Crippen LogP contribution in [0.2, 0.25) is 0 Å². The molecule has 0 radical (unpaired) electrons. The largest absolute Gasteiger partial charge is 0.180 e. The van der Waals surface area contributed by atoms with Gasteiger partial charge in [-0.25, -0.2) is 0 Å². The van der Waals surface area contributed by atoms with Crippen LogP contribution in [0.3, 0.4) is 0 Å². The predicted octanol–water partition coefficient (Wildman–Crippen LogP) is 3.29. The summed E-state index contributed by atoms with van der Waals surface area (Å²) in [6, 6.07) is 16.3. The molecule has 1 aliphatic rings. The first-order valence-corrected chi connectivity index (χ1v) is 5.40. The Morgan fingerprint density at radius 2 is 1.81 bits per heavy atom. The van der Waals surface area contributed by atoms with Gasteiger partial charge in [0.15, 0.2) is 0 Å². The molecule has 3 rings (SSSR count). The molecule has 0 bridgehead atoms. The van der Waals surface area contributed by atoms with Crippen LogP contribution in [0.15, 0.2) is 36.4 Å². The Morgan fingerprint density at radius 1 is 1.00 bits per heavy atom. The average Bonchev–Trinajstić information content (AvgIpc) is 2.27. The maximum atomic E-state index is 3.36. The fourth-order valence-corrected chi connectivity index (χ4v) is 2.40. The fraction of sp³-hybridized carbons (Fsp3) is 0.200. The molecular formula is C15H13Yb-. The van der Waals surface area contributed by atoms with E-state index in [1.54, 1.807) is 0 Å². The van der Waals surface area contributed by atoms with Crippen LogP contribution < -0.4 is 0 Å². The monoisotopic (exact) mass is 367 g/mol. The van der Waals surface area contributed by atoms with Crippen LogP contribution in [-0.4, -0.2) is 0 Å². The van der Waals surface area contributed by atoms with Crippen LogP contribution in [0.5, 0.6) is 0 Å². The van der Waals surface area contributed by atoms with Crippen molar-refractivity contribution in [2.45, 2.75) is 19.8 Å². The molecule has 0 amide bonds. The number of hydrogen-bond donors (Lipinski definition) is 0. The predicted molar refractivity (Wildman–Crippen MR) is 62.1 cm³/mol. The Bertz CT molecular complexity index is 515. The normalized spacial score (nSPS) is 12.3. The summed E-state index contributed by atoms with van der Waals surface area (Å²) in [5, 5.41) is 0. The van der Waals surface area contributed by atoms with Crippen molar-refractivity contribution < 1.29 is 46.9 Å². The molecule has 0 saturated carbocycles. The van der Waals surface area contributed by atoms with Gasteiger partial charge in [-0.3, -0.25) is 0 Å². The Morgan fingerprint density at radius 3 is 2.69 bits per heavy atom. The molecule has 0 nitrogen and oxygen atoms in total. The van der Waals surface area contributed by atoms with Crippen molar-refractivity contribution >= 4 is 0 Å². The number of hydrogen-bond acceptors (Lipinski definition) is 0. The number of aryl methyl sites for hydroxylation is 1. The Kier molecular flexibility index (Phi) is 3.94. The maximum absolute atomic E-state index is 3.36. The zero-order valence-electron chi connectivity index (χ0n) is 9.15. The summed E-state index contributed by atoms with van der Waals surface area (Å²) < 4.78 is 0. The standard InChI is InChI=1S/C15H13.Yb/c1-11-5-4-8-14-9-12-6-2-3-7-13(12)10-15(11)14;/h2-6,8H,9-10H2,1H3;/q-1;. The first-order valence-electron chi connectivity index (χ1n) is 5.40. The van der Waals surface area contributed by atoms with E-state index in [9.17, 15) is 0 Å². The van der Waals surface area contributed by atoms with Crippen LogP contribution in [0, 0.1) is 59.9 Å². The summed E-state index contributed by atoms with van der Waals surface area (Å²) in [4.78, 5) is 0. The minimum atomic E-state index is 0. The summed E-state index contributed by atoms with van der Waals surface area (Å²) in [6.07, 6.45) is 2.13. The third kappa shape index (κ3) is 2.16. The molecule has 0 N–H and O–H groups in total. The van der Waals surface area contributed by atoms with Gasteiger partial charge in [0.25, 0.3) is 0 Å². The van der Waals surface area contributed by atoms with Gasteiger partial charge in [-0.15, -0.1) is 5.56 Å². The maximum Gasteiger partial charge on any atom is 0 e. The molecule has 16 heavy (non-hydrogen) atoms. The topological polar surface area (TPSA) is 0 Å². The molecule has 1 heteroatoms. The molecule has 0 saturated heterocycles. The van der Waals surface area contributed by atoms with E-state index in [0.717, 1.165) is 12.8 Å². The second-order valence-electron chi connectivity index (χ2n) is 4.24. The van der Waals surface area contributed by atoms with Gasteiger partial charge in [0.1, 0.15) is 0 Å². The van der Waals surface area contributed by atoms with Crippen molar-refractivity contribution in [3.8, 4) is 0 Å². The first kappa shape index (κ1) is 12.4. The summed E-state index contributed by atoms with van der Waals surface area (Å²) in [5.41, 5.74) is 7.22. The van der Waals surface area contributed by atoms with Crippen LogP contribution in [0.4, 0.5) is 0 Å². The van der Waals surface area contributed by atoms with Gasteiger partial charge in [-0.1, -0.05) is 23.8 Å². The Hall–Kier alpha value is -0.0405. The van der Waals surface area contributed by atoms with Crippen LogP contribution in [0.1, 0.15) is 27.8 Å². The van der Waals surface area contributed by atoms with Gasteiger partial charge in [0, 0.05) is 46.9 Å². The summed E-state index contributed by atoms with van der Waals surface area (Å²) in [6.45, 7) is 2.20. The number of rotatable bonds is 0. The van der Waals surface area contributed by atoms with Crippen molar-refractivity contribution in [3.63, 3.8) is 0 Å². The van der Waals surface area contributed by atoms with Crippen LogP contribution >= 0.6 is 0 Å². The zero-order valence-corrected chi connectivity index (χ0v) is 10.9. The van der Waals surface area contributed by atoms with Crippen molar-refractivity contribution in [3.05, 3.63) is 70.3 Å². The molecule has 0 aromatic heterocycles. The van der Waals surface area contributed by atoms with E-state index in [-0.39, 0.29) is 46.9 Å². The molecule has 0 fully saturated rings. The molecule has 2 aromatic carbocycles. The van der Waals surface area contributed by atoms with Crippen molar-refractivity contribution in [2.24, 2.45) is 0 Å². The van der Waals surface area contributed by atoms with E-state index in [2.05, 4.69) is 43.3 Å². The van der Waals surface area contributed by atoms with E-state index in [1.807, 2.05) is 6.07 Å². The van der Waals surface area contributed by atoms with E-state index in [0.29, 0.717) is 0 Å². The third-order valence-corrected chi connectivity index (χ3v) is 3.28. The second kappa shape index (κ2) is 5.08. The molecule has 0 unspecified atom stereocenters. The van der Waals surface area contributed by atoms with E-state index < -0.39 is 0 Å². The molecule has 0 spiro atoms. The Labute approximate surface area is 135 Å². The summed E-state index contributed by atoms with van der Waals surface area (Å²) in [5.74, 6) is 0. The quantitative estimate of drug-likeness (QED) is 0.536. The molecule has 0 aliphatic heterocycles. The Balaban J connectivity index is 0.000000963. The van der Waals surface area contributed by atoms with Crippen LogP contribution in [-0.2, 0) is 12.8 Å². The second-order valence-corrected chi connectivity index (χ2v) is 4.24. The molecule has 0 heterocycles. The molecule has 1 aliphatic carbocycles. The SMILES string of the molecule is Cc1cccc2c1Cc1[c-]cccc1C2.[Yb]. The van der Waals surface area contributed by atoms with Crippen molar-refractivity contribution in [1.29, 1.82) is 0 Å². The summed E-state index contributed by atoms with van der Waals surface area (Å²) in [7, 11) is 0. The van der Waals surface area contributed by atoms with Crippen molar-refractivity contribution in [1.82, 2.24) is 0 Å². The molecular weight excluding hydrogens is 353 g/mol. The van der Waals surface area contributed by atoms with Gasteiger partial charge in [-0.2, -0.15) is 29.8 Å². The smallest absolute Gasteiger partial charge is 0 e. The van der Waals surface area contributed by atoms with E-state index in [1.165, 1.54) is 27.8 Å². The van der Waals surface area contributed by atoms with Gasteiger partial charge in [0.2, 0.25) is 0 Å². The van der Waals surface area contributed by atoms with Gasteiger partial charge < -0.3 is 0 Å². The first-order chi connectivity index (χ1) is 7.34. The van der Waals surface area contributed by atoms with Gasteiger partial charge in [-0.05, 0) is 30.9 Å². The zero-order chi connectivity index (χ0) is 10.3. The van der Waals surface area contributed by atoms with Gasteiger partial charge in [0.05, 0.1) is 0 Å². The fourth-order valence-electron chi connectivity index (χ4n) is 2.40. The number of benzene rings is 2. The molecule has 0 atom stereocenters. The average molecular weight is 366 g/mol. The minimum Gasteiger partial charge on any atom is -0.180 e. The molecule has 88 valence electrons. The van der Waals surface area contributed by atoms with Gasteiger partial charge >= 0.3 is 0 Å². The molecule has 2 aromatic rings.